The molecule has 0 unspecified atom stereocenters. The lowest BCUT2D eigenvalue weighted by Crippen LogP contribution is -2.20. The van der Waals surface area contributed by atoms with Gasteiger partial charge in [-0.15, -0.1) is 0 Å². The van der Waals surface area contributed by atoms with E-state index in [1.165, 1.54) is 12.3 Å². The zero-order valence-electron chi connectivity index (χ0n) is 9.72. The fourth-order valence-corrected chi connectivity index (χ4v) is 1.59. The molecule has 0 amide bonds. The molecule has 2 rings (SSSR count). The minimum Gasteiger partial charge on any atom is -0.383 e. The number of methoxy groups -OCH3 is 1. The number of ether oxygens (including phenoxy) is 1. The van der Waals surface area contributed by atoms with E-state index in [9.17, 15) is 4.79 Å². The minimum atomic E-state index is -0.0614. The summed E-state index contributed by atoms with van der Waals surface area (Å²) in [5.41, 5.74) is 1.65. The molecule has 0 aliphatic rings. The lowest BCUT2D eigenvalue weighted by molar-refractivity contribution is 0.199. The molecule has 0 aliphatic heterocycles. The van der Waals surface area contributed by atoms with E-state index in [4.69, 9.17) is 4.74 Å². The maximum absolute atomic E-state index is 11.6. The van der Waals surface area contributed by atoms with Gasteiger partial charge in [-0.3, -0.25) is 9.20 Å². The Kier molecular flexibility index (Phi) is 3.85. The molecule has 0 saturated carbocycles. The van der Waals surface area contributed by atoms with Gasteiger partial charge < -0.3 is 10.1 Å². The molecule has 5 nitrogen and oxygen atoms in total. The maximum atomic E-state index is 11.6. The standard InChI is InChI=1S/C12H15N3O2/c1-17-7-6-13-8-10-2-3-11-14-5-4-12(16)15(11)9-10/h2-5,9,13H,6-8H2,1H3. The van der Waals surface area contributed by atoms with Crippen molar-refractivity contribution in [3.8, 4) is 0 Å². The number of fused-ring (bicyclic) bond motifs is 1. The van der Waals surface area contributed by atoms with Gasteiger partial charge in [0.05, 0.1) is 6.61 Å². The minimum absolute atomic E-state index is 0.0614. The second-order valence-electron chi connectivity index (χ2n) is 3.72. The second-order valence-corrected chi connectivity index (χ2v) is 3.72. The van der Waals surface area contributed by atoms with Crippen molar-refractivity contribution in [3.05, 3.63) is 46.5 Å². The van der Waals surface area contributed by atoms with E-state index < -0.39 is 0 Å². The van der Waals surface area contributed by atoms with Gasteiger partial charge in [0.25, 0.3) is 5.56 Å². The van der Waals surface area contributed by atoms with Crippen LogP contribution in [0.5, 0.6) is 0 Å². The van der Waals surface area contributed by atoms with Gasteiger partial charge in [-0.1, -0.05) is 6.07 Å². The summed E-state index contributed by atoms with van der Waals surface area (Å²) >= 11 is 0. The van der Waals surface area contributed by atoms with Crippen molar-refractivity contribution in [2.45, 2.75) is 6.54 Å². The summed E-state index contributed by atoms with van der Waals surface area (Å²) in [7, 11) is 1.67. The van der Waals surface area contributed by atoms with Crippen LogP contribution in [0.25, 0.3) is 5.65 Å². The van der Waals surface area contributed by atoms with Gasteiger partial charge in [0, 0.05) is 38.7 Å². The first-order valence-corrected chi connectivity index (χ1v) is 5.47. The summed E-state index contributed by atoms with van der Waals surface area (Å²) in [4.78, 5) is 15.7. The fourth-order valence-electron chi connectivity index (χ4n) is 1.59. The smallest absolute Gasteiger partial charge is 0.257 e. The average molecular weight is 233 g/mol. The van der Waals surface area contributed by atoms with E-state index in [2.05, 4.69) is 10.3 Å². The van der Waals surface area contributed by atoms with E-state index >= 15 is 0 Å². The normalized spacial score (nSPS) is 10.9. The van der Waals surface area contributed by atoms with Gasteiger partial charge >= 0.3 is 0 Å². The van der Waals surface area contributed by atoms with Crippen LogP contribution >= 0.6 is 0 Å². The Bertz CT molecular complexity index is 551. The summed E-state index contributed by atoms with van der Waals surface area (Å²) in [6, 6.07) is 5.26. The van der Waals surface area contributed by atoms with Gasteiger partial charge in [-0.05, 0) is 11.6 Å². The van der Waals surface area contributed by atoms with Crippen LogP contribution in [-0.2, 0) is 11.3 Å². The first-order chi connectivity index (χ1) is 8.31. The van der Waals surface area contributed by atoms with E-state index in [0.29, 0.717) is 18.8 Å². The molecular weight excluding hydrogens is 218 g/mol. The molecule has 90 valence electrons. The molecule has 1 N–H and O–H groups in total. The van der Waals surface area contributed by atoms with E-state index in [1.54, 1.807) is 11.5 Å². The average Bonchev–Trinajstić information content (AvgIpc) is 2.36. The Balaban J connectivity index is 2.14. The summed E-state index contributed by atoms with van der Waals surface area (Å²) in [5.74, 6) is 0. The molecule has 2 aromatic rings. The van der Waals surface area contributed by atoms with Crippen molar-refractivity contribution in [2.24, 2.45) is 0 Å². The zero-order valence-corrected chi connectivity index (χ0v) is 9.72. The molecule has 0 aliphatic carbocycles. The Morgan fingerprint density at radius 1 is 1.41 bits per heavy atom. The van der Waals surface area contributed by atoms with Crippen molar-refractivity contribution in [3.63, 3.8) is 0 Å². The summed E-state index contributed by atoms with van der Waals surface area (Å²) in [6.07, 6.45) is 3.33. The SMILES string of the molecule is COCCNCc1ccc2nccc(=O)n2c1. The third-order valence-electron chi connectivity index (χ3n) is 2.46. The highest BCUT2D eigenvalue weighted by molar-refractivity contribution is 5.38. The van der Waals surface area contributed by atoms with Crippen LogP contribution in [0.15, 0.2) is 35.4 Å². The maximum Gasteiger partial charge on any atom is 0.257 e. The zero-order chi connectivity index (χ0) is 12.1. The van der Waals surface area contributed by atoms with Crippen LogP contribution in [0.3, 0.4) is 0 Å². The number of nitrogens with one attached hydrogen (secondary N) is 1. The molecule has 2 heterocycles. The predicted octanol–water partition coefficient (Wildman–Crippen LogP) is 0.430. The first kappa shape index (κ1) is 11.8. The Hall–Kier alpha value is -1.72. The summed E-state index contributed by atoms with van der Waals surface area (Å²) in [5, 5.41) is 3.23. The van der Waals surface area contributed by atoms with Gasteiger partial charge in [0.2, 0.25) is 0 Å². The Morgan fingerprint density at radius 2 is 2.29 bits per heavy atom. The number of pyridine rings is 1. The second kappa shape index (κ2) is 5.56. The van der Waals surface area contributed by atoms with Crippen molar-refractivity contribution in [2.75, 3.05) is 20.3 Å². The molecule has 0 radical (unpaired) electrons. The molecule has 0 fully saturated rings. The fraction of sp³-hybridized carbons (Fsp3) is 0.333. The molecule has 0 bridgehead atoms. The highest BCUT2D eigenvalue weighted by atomic mass is 16.5. The third kappa shape index (κ3) is 2.89. The lowest BCUT2D eigenvalue weighted by Gasteiger charge is -2.06. The van der Waals surface area contributed by atoms with Gasteiger partial charge in [-0.2, -0.15) is 0 Å². The number of hydrogen-bond acceptors (Lipinski definition) is 4. The van der Waals surface area contributed by atoms with Crippen LogP contribution in [0.2, 0.25) is 0 Å². The highest BCUT2D eigenvalue weighted by Crippen LogP contribution is 2.01. The number of aromatic nitrogens is 2. The summed E-state index contributed by atoms with van der Waals surface area (Å²) in [6.45, 7) is 2.17. The quantitative estimate of drug-likeness (QED) is 0.761. The van der Waals surface area contributed by atoms with Crippen molar-refractivity contribution < 1.29 is 4.74 Å². The van der Waals surface area contributed by atoms with Gasteiger partial charge in [0.15, 0.2) is 0 Å². The predicted molar refractivity (Wildman–Crippen MR) is 65.0 cm³/mol. The molecule has 0 atom stereocenters. The molecular formula is C12H15N3O2. The van der Waals surface area contributed by atoms with Crippen molar-refractivity contribution >= 4 is 5.65 Å². The van der Waals surface area contributed by atoms with Crippen LogP contribution in [0.4, 0.5) is 0 Å². The molecule has 2 aromatic heterocycles. The van der Waals surface area contributed by atoms with E-state index in [-0.39, 0.29) is 5.56 Å². The third-order valence-corrected chi connectivity index (χ3v) is 2.46. The number of nitrogens with zero attached hydrogens (tertiary/aromatic N) is 2. The van der Waals surface area contributed by atoms with Crippen LogP contribution in [0, 0.1) is 0 Å². The lowest BCUT2D eigenvalue weighted by atomic mass is 10.3. The highest BCUT2D eigenvalue weighted by Gasteiger charge is 1.98. The van der Waals surface area contributed by atoms with Crippen LogP contribution in [0.1, 0.15) is 5.56 Å². The monoisotopic (exact) mass is 233 g/mol. The van der Waals surface area contributed by atoms with Crippen LogP contribution in [-0.4, -0.2) is 29.6 Å². The van der Waals surface area contributed by atoms with Gasteiger partial charge in [0.1, 0.15) is 5.65 Å². The topological polar surface area (TPSA) is 55.6 Å². The molecule has 5 heteroatoms. The molecule has 0 saturated heterocycles. The Morgan fingerprint density at radius 3 is 3.12 bits per heavy atom. The largest absolute Gasteiger partial charge is 0.383 e. The van der Waals surface area contributed by atoms with Crippen molar-refractivity contribution in [1.29, 1.82) is 0 Å². The molecule has 0 spiro atoms. The molecule has 17 heavy (non-hydrogen) atoms. The first-order valence-electron chi connectivity index (χ1n) is 5.47. The van der Waals surface area contributed by atoms with E-state index in [0.717, 1.165) is 12.1 Å². The number of hydrogen-bond donors (Lipinski definition) is 1. The van der Waals surface area contributed by atoms with Gasteiger partial charge in [-0.25, -0.2) is 4.98 Å². The number of rotatable bonds is 5. The Labute approximate surface area is 99.1 Å². The summed E-state index contributed by atoms with van der Waals surface area (Å²) < 4.78 is 6.49. The van der Waals surface area contributed by atoms with E-state index in [1.807, 2.05) is 18.3 Å². The van der Waals surface area contributed by atoms with Crippen molar-refractivity contribution in [1.82, 2.24) is 14.7 Å². The van der Waals surface area contributed by atoms with Crippen LogP contribution < -0.4 is 10.9 Å². The molecule has 0 aromatic carbocycles.